The zero-order valence-electron chi connectivity index (χ0n) is 13.4. The summed E-state index contributed by atoms with van der Waals surface area (Å²) in [6, 6.07) is 8.34. The molecule has 3 heteroatoms. The highest BCUT2D eigenvalue weighted by Crippen LogP contribution is 2.33. The number of hydrogen-bond donors (Lipinski definition) is 1. The van der Waals surface area contributed by atoms with Crippen LogP contribution in [0.25, 0.3) is 0 Å². The molecule has 0 aromatic heterocycles. The van der Waals surface area contributed by atoms with Crippen molar-refractivity contribution in [2.24, 2.45) is 5.41 Å². The predicted molar refractivity (Wildman–Crippen MR) is 84.5 cm³/mol. The Kier molecular flexibility index (Phi) is 7.63. The van der Waals surface area contributed by atoms with Gasteiger partial charge in [0.25, 0.3) is 0 Å². The van der Waals surface area contributed by atoms with Crippen LogP contribution in [0, 0.1) is 5.41 Å². The van der Waals surface area contributed by atoms with Crippen LogP contribution in [0.2, 0.25) is 0 Å². The third-order valence-corrected chi connectivity index (χ3v) is 4.24. The molecule has 20 heavy (non-hydrogen) atoms. The predicted octanol–water partition coefficient (Wildman–Crippen LogP) is 3.28. The normalized spacial score (nSPS) is 11.6. The minimum Gasteiger partial charge on any atom is -0.496 e. The number of para-hydroxylation sites is 1. The summed E-state index contributed by atoms with van der Waals surface area (Å²) in [5.41, 5.74) is 1.58. The van der Waals surface area contributed by atoms with Gasteiger partial charge in [-0.15, -0.1) is 0 Å². The van der Waals surface area contributed by atoms with Crippen LogP contribution in [0.3, 0.4) is 0 Å². The SMILES string of the molecule is CCC(CC)(CNCCOC)Cc1ccccc1OC. The fraction of sp³-hybridized carbons (Fsp3) is 0.647. The molecule has 0 aliphatic heterocycles. The largest absolute Gasteiger partial charge is 0.496 e. The van der Waals surface area contributed by atoms with Crippen molar-refractivity contribution < 1.29 is 9.47 Å². The Bertz CT molecular complexity index is 375. The third kappa shape index (κ3) is 4.80. The van der Waals surface area contributed by atoms with E-state index in [1.807, 2.05) is 12.1 Å². The molecule has 0 saturated carbocycles. The molecule has 0 unspecified atom stereocenters. The molecule has 0 bridgehead atoms. The van der Waals surface area contributed by atoms with Crippen molar-refractivity contribution in [3.05, 3.63) is 29.8 Å². The first kappa shape index (κ1) is 17.0. The minimum atomic E-state index is 0.280. The van der Waals surface area contributed by atoms with Crippen molar-refractivity contribution >= 4 is 0 Å². The minimum absolute atomic E-state index is 0.280. The van der Waals surface area contributed by atoms with E-state index in [1.165, 1.54) is 5.56 Å². The molecule has 114 valence electrons. The standard InChI is InChI=1S/C17H29NO2/c1-5-17(6-2,14-18-11-12-19-3)13-15-9-7-8-10-16(15)20-4/h7-10,18H,5-6,11-14H2,1-4H3. The van der Waals surface area contributed by atoms with Crippen LogP contribution in [-0.2, 0) is 11.2 Å². The van der Waals surface area contributed by atoms with E-state index in [0.717, 1.165) is 44.7 Å². The summed E-state index contributed by atoms with van der Waals surface area (Å²) >= 11 is 0. The van der Waals surface area contributed by atoms with Gasteiger partial charge < -0.3 is 14.8 Å². The maximum Gasteiger partial charge on any atom is 0.122 e. The molecule has 1 N–H and O–H groups in total. The molecular formula is C17H29NO2. The van der Waals surface area contributed by atoms with Crippen LogP contribution in [0.5, 0.6) is 5.75 Å². The Balaban J connectivity index is 2.74. The Morgan fingerprint density at radius 2 is 1.80 bits per heavy atom. The molecule has 1 rings (SSSR count). The smallest absolute Gasteiger partial charge is 0.122 e. The summed E-state index contributed by atoms with van der Waals surface area (Å²) in [5, 5.41) is 3.52. The number of methoxy groups -OCH3 is 2. The average molecular weight is 279 g/mol. The molecule has 0 atom stereocenters. The van der Waals surface area contributed by atoms with Gasteiger partial charge in [0.2, 0.25) is 0 Å². The topological polar surface area (TPSA) is 30.5 Å². The quantitative estimate of drug-likeness (QED) is 0.667. The number of rotatable bonds is 10. The van der Waals surface area contributed by atoms with E-state index < -0.39 is 0 Å². The lowest BCUT2D eigenvalue weighted by Crippen LogP contribution is -2.36. The number of ether oxygens (including phenoxy) is 2. The van der Waals surface area contributed by atoms with Gasteiger partial charge in [0.05, 0.1) is 13.7 Å². The molecule has 1 aromatic carbocycles. The highest BCUT2D eigenvalue weighted by molar-refractivity contribution is 5.34. The fourth-order valence-electron chi connectivity index (χ4n) is 2.59. The van der Waals surface area contributed by atoms with Gasteiger partial charge >= 0.3 is 0 Å². The van der Waals surface area contributed by atoms with Crippen LogP contribution in [0.1, 0.15) is 32.3 Å². The summed E-state index contributed by atoms with van der Waals surface area (Å²) in [5.74, 6) is 0.996. The van der Waals surface area contributed by atoms with Crippen LogP contribution in [0.4, 0.5) is 0 Å². The summed E-state index contributed by atoms with van der Waals surface area (Å²) in [7, 11) is 3.48. The van der Waals surface area contributed by atoms with E-state index in [9.17, 15) is 0 Å². The molecule has 0 aliphatic rings. The molecule has 0 radical (unpaired) electrons. The van der Waals surface area contributed by atoms with Gasteiger partial charge in [-0.25, -0.2) is 0 Å². The lowest BCUT2D eigenvalue weighted by atomic mass is 9.76. The van der Waals surface area contributed by atoms with E-state index in [1.54, 1.807) is 14.2 Å². The van der Waals surface area contributed by atoms with Crippen molar-refractivity contribution in [3.63, 3.8) is 0 Å². The monoisotopic (exact) mass is 279 g/mol. The van der Waals surface area contributed by atoms with Crippen molar-refractivity contribution in [2.75, 3.05) is 33.9 Å². The Labute approximate surface area is 123 Å². The van der Waals surface area contributed by atoms with Crippen LogP contribution >= 0.6 is 0 Å². The molecule has 0 saturated heterocycles. The van der Waals surface area contributed by atoms with Crippen LogP contribution < -0.4 is 10.1 Å². The number of nitrogens with one attached hydrogen (secondary N) is 1. The van der Waals surface area contributed by atoms with Crippen molar-refractivity contribution in [1.29, 1.82) is 0 Å². The van der Waals surface area contributed by atoms with Gasteiger partial charge in [-0.3, -0.25) is 0 Å². The number of hydrogen-bond acceptors (Lipinski definition) is 3. The zero-order chi connectivity index (χ0) is 14.8. The summed E-state index contributed by atoms with van der Waals surface area (Å²) in [6.45, 7) is 7.23. The van der Waals surface area contributed by atoms with E-state index >= 15 is 0 Å². The number of benzene rings is 1. The Hall–Kier alpha value is -1.06. The van der Waals surface area contributed by atoms with Crippen molar-refractivity contribution in [3.8, 4) is 5.75 Å². The molecule has 0 amide bonds. The molecule has 0 heterocycles. The lowest BCUT2D eigenvalue weighted by Gasteiger charge is -2.33. The van der Waals surface area contributed by atoms with Gasteiger partial charge in [-0.05, 0) is 36.3 Å². The van der Waals surface area contributed by atoms with E-state index in [-0.39, 0.29) is 5.41 Å². The third-order valence-electron chi connectivity index (χ3n) is 4.24. The zero-order valence-corrected chi connectivity index (χ0v) is 13.4. The highest BCUT2D eigenvalue weighted by atomic mass is 16.5. The van der Waals surface area contributed by atoms with Crippen molar-refractivity contribution in [1.82, 2.24) is 5.32 Å². The second-order valence-electron chi connectivity index (χ2n) is 5.37. The van der Waals surface area contributed by atoms with Crippen LogP contribution in [0.15, 0.2) is 24.3 Å². The van der Waals surface area contributed by atoms with Gasteiger partial charge in [-0.1, -0.05) is 32.0 Å². The van der Waals surface area contributed by atoms with Crippen LogP contribution in [-0.4, -0.2) is 33.9 Å². The summed E-state index contributed by atoms with van der Waals surface area (Å²) < 4.78 is 10.6. The van der Waals surface area contributed by atoms with Gasteiger partial charge in [0.1, 0.15) is 5.75 Å². The highest BCUT2D eigenvalue weighted by Gasteiger charge is 2.27. The summed E-state index contributed by atoms with van der Waals surface area (Å²) in [4.78, 5) is 0. The lowest BCUT2D eigenvalue weighted by molar-refractivity contribution is 0.185. The van der Waals surface area contributed by atoms with Crippen molar-refractivity contribution in [2.45, 2.75) is 33.1 Å². The molecule has 1 aromatic rings. The van der Waals surface area contributed by atoms with Gasteiger partial charge in [-0.2, -0.15) is 0 Å². The Morgan fingerprint density at radius 1 is 1.10 bits per heavy atom. The second kappa shape index (κ2) is 8.98. The second-order valence-corrected chi connectivity index (χ2v) is 5.37. The first-order valence-corrected chi connectivity index (χ1v) is 7.53. The molecule has 0 spiro atoms. The molecule has 3 nitrogen and oxygen atoms in total. The van der Waals surface area contributed by atoms with E-state index in [2.05, 4.69) is 31.3 Å². The first-order chi connectivity index (χ1) is 9.71. The van der Waals surface area contributed by atoms with Gasteiger partial charge in [0.15, 0.2) is 0 Å². The maximum absolute atomic E-state index is 5.48. The fourth-order valence-corrected chi connectivity index (χ4v) is 2.59. The Morgan fingerprint density at radius 3 is 2.40 bits per heavy atom. The maximum atomic E-state index is 5.48. The molecule has 0 aliphatic carbocycles. The molecule has 0 fully saturated rings. The average Bonchev–Trinajstić information content (AvgIpc) is 2.51. The van der Waals surface area contributed by atoms with E-state index in [4.69, 9.17) is 9.47 Å². The molecular weight excluding hydrogens is 250 g/mol. The van der Waals surface area contributed by atoms with Gasteiger partial charge in [0, 0.05) is 20.2 Å². The summed E-state index contributed by atoms with van der Waals surface area (Å²) in [6.07, 6.45) is 3.35. The first-order valence-electron chi connectivity index (χ1n) is 7.53. The van der Waals surface area contributed by atoms with E-state index in [0.29, 0.717) is 0 Å².